The van der Waals surface area contributed by atoms with E-state index in [4.69, 9.17) is 0 Å². The van der Waals surface area contributed by atoms with Crippen LogP contribution in [0.1, 0.15) is 31.0 Å². The number of nitrogens with one attached hydrogen (secondary N) is 1. The Bertz CT molecular complexity index is 510. The Labute approximate surface area is 127 Å². The average Bonchev–Trinajstić information content (AvgIpc) is 2.52. The van der Waals surface area contributed by atoms with Crippen LogP contribution in [0.5, 0.6) is 0 Å². The minimum absolute atomic E-state index is 0.0695. The molecule has 2 N–H and O–H groups in total. The van der Waals surface area contributed by atoms with Crippen LogP contribution in [0.25, 0.3) is 0 Å². The van der Waals surface area contributed by atoms with Crippen molar-refractivity contribution in [1.82, 2.24) is 5.32 Å². The van der Waals surface area contributed by atoms with E-state index in [1.54, 1.807) is 0 Å². The van der Waals surface area contributed by atoms with Crippen molar-refractivity contribution >= 4 is 0 Å². The van der Waals surface area contributed by atoms with Crippen LogP contribution >= 0.6 is 0 Å². The zero-order chi connectivity index (χ0) is 15.1. The molecule has 0 aliphatic heterocycles. The Kier molecular flexibility index (Phi) is 5.97. The average molecular weight is 283 g/mol. The van der Waals surface area contributed by atoms with Gasteiger partial charge in [0, 0.05) is 12.1 Å². The number of aliphatic hydroxyl groups is 1. The maximum atomic E-state index is 9.70. The van der Waals surface area contributed by atoms with Gasteiger partial charge < -0.3 is 10.4 Å². The third-order valence-electron chi connectivity index (χ3n) is 3.79. The van der Waals surface area contributed by atoms with Gasteiger partial charge in [0.05, 0.1) is 6.61 Å². The SMILES string of the molecule is CC(C)C(N[C@@H](CO)Cc1ccccc1)c1ccccc1. The maximum Gasteiger partial charge on any atom is 0.0588 e. The fraction of sp³-hybridized carbons (Fsp3) is 0.368. The second-order valence-electron chi connectivity index (χ2n) is 5.87. The molecule has 2 aromatic rings. The van der Waals surface area contributed by atoms with E-state index in [1.165, 1.54) is 11.1 Å². The van der Waals surface area contributed by atoms with Gasteiger partial charge in [-0.25, -0.2) is 0 Å². The minimum atomic E-state index is 0.0695. The summed E-state index contributed by atoms with van der Waals surface area (Å²) < 4.78 is 0. The van der Waals surface area contributed by atoms with Crippen LogP contribution in [0.15, 0.2) is 60.7 Å². The molecule has 0 aliphatic carbocycles. The molecule has 0 aromatic heterocycles. The Morgan fingerprint density at radius 1 is 0.905 bits per heavy atom. The van der Waals surface area contributed by atoms with Crippen molar-refractivity contribution in [2.45, 2.75) is 32.4 Å². The van der Waals surface area contributed by atoms with E-state index < -0.39 is 0 Å². The van der Waals surface area contributed by atoms with Crippen molar-refractivity contribution in [3.63, 3.8) is 0 Å². The van der Waals surface area contributed by atoms with Crippen molar-refractivity contribution in [2.24, 2.45) is 5.92 Å². The van der Waals surface area contributed by atoms with Gasteiger partial charge in [0.15, 0.2) is 0 Å². The first-order valence-electron chi connectivity index (χ1n) is 7.66. The van der Waals surface area contributed by atoms with Crippen molar-refractivity contribution < 1.29 is 5.11 Å². The van der Waals surface area contributed by atoms with E-state index in [9.17, 15) is 5.11 Å². The highest BCUT2D eigenvalue weighted by Crippen LogP contribution is 2.22. The molecular weight excluding hydrogens is 258 g/mol. The molecule has 2 heteroatoms. The van der Waals surface area contributed by atoms with Gasteiger partial charge in [-0.05, 0) is 23.5 Å². The molecule has 2 atom stereocenters. The largest absolute Gasteiger partial charge is 0.395 e. The summed E-state index contributed by atoms with van der Waals surface area (Å²) in [5.41, 5.74) is 2.53. The summed E-state index contributed by atoms with van der Waals surface area (Å²) in [7, 11) is 0. The van der Waals surface area contributed by atoms with Crippen LogP contribution in [0.2, 0.25) is 0 Å². The predicted octanol–water partition coefficient (Wildman–Crippen LogP) is 3.58. The van der Waals surface area contributed by atoms with Crippen LogP contribution < -0.4 is 5.32 Å². The van der Waals surface area contributed by atoms with Gasteiger partial charge >= 0.3 is 0 Å². The normalized spacial score (nSPS) is 14.1. The molecule has 2 aromatic carbocycles. The van der Waals surface area contributed by atoms with Crippen LogP contribution in [-0.4, -0.2) is 17.8 Å². The lowest BCUT2D eigenvalue weighted by atomic mass is 9.94. The molecule has 0 radical (unpaired) electrons. The number of benzene rings is 2. The van der Waals surface area contributed by atoms with E-state index in [1.807, 2.05) is 24.3 Å². The highest BCUT2D eigenvalue weighted by molar-refractivity contribution is 5.20. The Morgan fingerprint density at radius 3 is 2.00 bits per heavy atom. The lowest BCUT2D eigenvalue weighted by Gasteiger charge is -2.28. The fourth-order valence-electron chi connectivity index (χ4n) is 2.66. The van der Waals surface area contributed by atoms with Gasteiger partial charge in [-0.2, -0.15) is 0 Å². The summed E-state index contributed by atoms with van der Waals surface area (Å²) in [5, 5.41) is 13.3. The van der Waals surface area contributed by atoms with Crippen LogP contribution in [0.4, 0.5) is 0 Å². The molecule has 0 spiro atoms. The highest BCUT2D eigenvalue weighted by Gasteiger charge is 2.19. The van der Waals surface area contributed by atoms with Crippen molar-refractivity contribution in [1.29, 1.82) is 0 Å². The smallest absolute Gasteiger partial charge is 0.0588 e. The second-order valence-corrected chi connectivity index (χ2v) is 5.87. The molecule has 0 saturated carbocycles. The first-order chi connectivity index (χ1) is 10.2. The molecule has 2 rings (SSSR count). The summed E-state index contributed by atoms with van der Waals surface area (Å²) in [4.78, 5) is 0. The van der Waals surface area contributed by atoms with Crippen molar-refractivity contribution in [3.8, 4) is 0 Å². The Morgan fingerprint density at radius 2 is 1.48 bits per heavy atom. The van der Waals surface area contributed by atoms with E-state index in [2.05, 4.69) is 55.6 Å². The van der Waals surface area contributed by atoms with Gasteiger partial charge in [-0.15, -0.1) is 0 Å². The number of aliphatic hydroxyl groups excluding tert-OH is 1. The molecule has 0 fully saturated rings. The van der Waals surface area contributed by atoms with E-state index in [0.717, 1.165) is 6.42 Å². The predicted molar refractivity (Wildman–Crippen MR) is 88.2 cm³/mol. The molecule has 1 unspecified atom stereocenters. The van der Waals surface area contributed by atoms with Gasteiger partial charge in [0.2, 0.25) is 0 Å². The Hall–Kier alpha value is -1.64. The second kappa shape index (κ2) is 7.96. The number of hydrogen-bond donors (Lipinski definition) is 2. The van der Waals surface area contributed by atoms with Crippen molar-refractivity contribution in [2.75, 3.05) is 6.61 Å². The van der Waals surface area contributed by atoms with Gasteiger partial charge in [0.25, 0.3) is 0 Å². The summed E-state index contributed by atoms with van der Waals surface area (Å²) >= 11 is 0. The topological polar surface area (TPSA) is 32.3 Å². The van der Waals surface area contributed by atoms with Crippen LogP contribution in [-0.2, 0) is 6.42 Å². The minimum Gasteiger partial charge on any atom is -0.395 e. The number of hydrogen-bond acceptors (Lipinski definition) is 2. The summed E-state index contributed by atoms with van der Waals surface area (Å²) in [6.07, 6.45) is 0.841. The molecule has 112 valence electrons. The standard InChI is InChI=1S/C19H25NO/c1-15(2)19(17-11-7-4-8-12-17)20-18(14-21)13-16-9-5-3-6-10-16/h3-12,15,18-21H,13-14H2,1-2H3/t18-,19?/m1/s1. The molecule has 0 bridgehead atoms. The zero-order valence-electron chi connectivity index (χ0n) is 12.9. The summed E-state index contributed by atoms with van der Waals surface area (Å²) in [5.74, 6) is 0.470. The molecule has 21 heavy (non-hydrogen) atoms. The van der Waals surface area contributed by atoms with E-state index >= 15 is 0 Å². The van der Waals surface area contributed by atoms with E-state index in [-0.39, 0.29) is 18.7 Å². The molecular formula is C19H25NO. The quantitative estimate of drug-likeness (QED) is 0.814. The molecule has 0 saturated heterocycles. The maximum absolute atomic E-state index is 9.70. The first kappa shape index (κ1) is 15.7. The summed E-state index contributed by atoms with van der Waals surface area (Å²) in [6.45, 7) is 4.56. The third kappa shape index (κ3) is 4.69. The van der Waals surface area contributed by atoms with Gasteiger partial charge in [0.1, 0.15) is 0 Å². The molecule has 2 nitrogen and oxygen atoms in total. The monoisotopic (exact) mass is 283 g/mol. The van der Waals surface area contributed by atoms with Gasteiger partial charge in [-0.3, -0.25) is 0 Å². The summed E-state index contributed by atoms with van der Waals surface area (Å²) in [6, 6.07) is 21.1. The number of rotatable bonds is 7. The fourth-order valence-corrected chi connectivity index (χ4v) is 2.66. The first-order valence-corrected chi connectivity index (χ1v) is 7.66. The van der Waals surface area contributed by atoms with Gasteiger partial charge in [-0.1, -0.05) is 74.5 Å². The van der Waals surface area contributed by atoms with Crippen LogP contribution in [0.3, 0.4) is 0 Å². The van der Waals surface area contributed by atoms with Crippen LogP contribution in [0, 0.1) is 5.92 Å². The third-order valence-corrected chi connectivity index (χ3v) is 3.79. The Balaban J connectivity index is 2.07. The molecule has 0 heterocycles. The molecule has 0 aliphatic rings. The van der Waals surface area contributed by atoms with E-state index in [0.29, 0.717) is 5.92 Å². The molecule has 0 amide bonds. The highest BCUT2D eigenvalue weighted by atomic mass is 16.3. The lowest BCUT2D eigenvalue weighted by molar-refractivity contribution is 0.219. The lowest BCUT2D eigenvalue weighted by Crippen LogP contribution is -2.39. The zero-order valence-corrected chi connectivity index (χ0v) is 12.9. The van der Waals surface area contributed by atoms with Crippen molar-refractivity contribution in [3.05, 3.63) is 71.8 Å².